The lowest BCUT2D eigenvalue weighted by Gasteiger charge is -2.11. The summed E-state index contributed by atoms with van der Waals surface area (Å²) in [6, 6.07) is 19.4. The molecule has 136 valence electrons. The summed E-state index contributed by atoms with van der Waals surface area (Å²) in [7, 11) is 0. The number of hydrogen-bond acceptors (Lipinski definition) is 5. The van der Waals surface area contributed by atoms with E-state index >= 15 is 0 Å². The Kier molecular flexibility index (Phi) is 6.91. The number of esters is 1. The number of nitrogens with two attached hydrogens (primary N) is 1. The highest BCUT2D eigenvalue weighted by Gasteiger charge is 2.22. The summed E-state index contributed by atoms with van der Waals surface area (Å²) in [4.78, 5) is 24.8. The van der Waals surface area contributed by atoms with Gasteiger partial charge < -0.3 is 15.8 Å². The van der Waals surface area contributed by atoms with E-state index in [1.165, 1.54) is 6.08 Å². The fourth-order valence-corrected chi connectivity index (χ4v) is 2.25. The number of benzene rings is 2. The van der Waals surface area contributed by atoms with Gasteiger partial charge in [0.1, 0.15) is 11.6 Å². The number of amides is 1. The van der Waals surface area contributed by atoms with E-state index in [-0.39, 0.29) is 23.5 Å². The lowest BCUT2D eigenvalue weighted by Crippen LogP contribution is -2.22. The van der Waals surface area contributed by atoms with E-state index in [0.717, 1.165) is 0 Å². The first-order chi connectivity index (χ1) is 13.1. The van der Waals surface area contributed by atoms with Gasteiger partial charge in [-0.1, -0.05) is 48.5 Å². The summed E-state index contributed by atoms with van der Waals surface area (Å²) in [6.07, 6.45) is 1.49. The van der Waals surface area contributed by atoms with Crippen molar-refractivity contribution in [2.75, 3.05) is 11.9 Å². The van der Waals surface area contributed by atoms with E-state index in [1.807, 2.05) is 6.07 Å². The summed E-state index contributed by atoms with van der Waals surface area (Å²) in [5.74, 6) is -1.41. The van der Waals surface area contributed by atoms with Crippen LogP contribution < -0.4 is 11.1 Å². The SMILES string of the molecule is CCOC(=O)C(=C\c1ccccc1)/C(N)=C(/C#N)C(=O)Nc1ccccc1. The summed E-state index contributed by atoms with van der Waals surface area (Å²) in [6.45, 7) is 1.79. The molecule has 0 aromatic heterocycles. The number of anilines is 1. The molecule has 2 aromatic carbocycles. The van der Waals surface area contributed by atoms with Crippen molar-refractivity contribution in [3.63, 3.8) is 0 Å². The molecule has 0 aliphatic heterocycles. The van der Waals surface area contributed by atoms with Crippen molar-refractivity contribution in [2.45, 2.75) is 6.92 Å². The molecule has 6 heteroatoms. The minimum atomic E-state index is -0.709. The Balaban J connectivity index is 2.44. The van der Waals surface area contributed by atoms with Gasteiger partial charge in [0.05, 0.1) is 17.9 Å². The Morgan fingerprint density at radius 3 is 2.26 bits per heavy atom. The lowest BCUT2D eigenvalue weighted by atomic mass is 10.0. The molecule has 0 fully saturated rings. The van der Waals surface area contributed by atoms with Gasteiger partial charge in [-0.05, 0) is 30.7 Å². The van der Waals surface area contributed by atoms with Crippen molar-refractivity contribution in [1.29, 1.82) is 5.26 Å². The quantitative estimate of drug-likeness (QED) is 0.356. The smallest absolute Gasteiger partial charge is 0.340 e. The molecule has 0 atom stereocenters. The van der Waals surface area contributed by atoms with Crippen LogP contribution in [0.25, 0.3) is 6.08 Å². The van der Waals surface area contributed by atoms with Gasteiger partial charge in [0, 0.05) is 5.69 Å². The van der Waals surface area contributed by atoms with Crippen molar-refractivity contribution in [3.05, 3.63) is 83.1 Å². The summed E-state index contributed by atoms with van der Waals surface area (Å²) >= 11 is 0. The highest BCUT2D eigenvalue weighted by molar-refractivity contribution is 6.10. The van der Waals surface area contributed by atoms with Gasteiger partial charge in [0.15, 0.2) is 0 Å². The Labute approximate surface area is 157 Å². The highest BCUT2D eigenvalue weighted by atomic mass is 16.5. The van der Waals surface area contributed by atoms with E-state index in [1.54, 1.807) is 67.6 Å². The highest BCUT2D eigenvalue weighted by Crippen LogP contribution is 2.18. The van der Waals surface area contributed by atoms with Crippen LogP contribution >= 0.6 is 0 Å². The van der Waals surface area contributed by atoms with Gasteiger partial charge in [-0.25, -0.2) is 4.79 Å². The number of carbonyl (C=O) groups is 2. The molecule has 0 bridgehead atoms. The minimum Gasteiger partial charge on any atom is -0.462 e. The topological polar surface area (TPSA) is 105 Å². The van der Waals surface area contributed by atoms with Crippen molar-refractivity contribution in [3.8, 4) is 6.07 Å². The molecule has 1 amide bonds. The second kappa shape index (κ2) is 9.59. The summed E-state index contributed by atoms with van der Waals surface area (Å²) in [5, 5.41) is 12.0. The van der Waals surface area contributed by atoms with Gasteiger partial charge >= 0.3 is 5.97 Å². The largest absolute Gasteiger partial charge is 0.462 e. The lowest BCUT2D eigenvalue weighted by molar-refractivity contribution is -0.138. The maximum Gasteiger partial charge on any atom is 0.340 e. The van der Waals surface area contributed by atoms with Gasteiger partial charge in [-0.2, -0.15) is 5.26 Å². The van der Waals surface area contributed by atoms with E-state index in [9.17, 15) is 14.9 Å². The third-order valence-corrected chi connectivity index (χ3v) is 3.54. The molecule has 0 aliphatic carbocycles. The second-order valence-electron chi connectivity index (χ2n) is 5.41. The van der Waals surface area contributed by atoms with E-state index in [0.29, 0.717) is 11.3 Å². The van der Waals surface area contributed by atoms with E-state index in [4.69, 9.17) is 10.5 Å². The number of para-hydroxylation sites is 1. The fourth-order valence-electron chi connectivity index (χ4n) is 2.25. The van der Waals surface area contributed by atoms with Crippen molar-refractivity contribution >= 4 is 23.6 Å². The second-order valence-corrected chi connectivity index (χ2v) is 5.41. The van der Waals surface area contributed by atoms with Crippen LogP contribution in [0, 0.1) is 11.3 Å². The number of hydrogen-bond donors (Lipinski definition) is 2. The monoisotopic (exact) mass is 361 g/mol. The molecule has 0 saturated carbocycles. The van der Waals surface area contributed by atoms with Gasteiger partial charge in [0.2, 0.25) is 0 Å². The molecule has 6 nitrogen and oxygen atoms in total. The average Bonchev–Trinajstić information content (AvgIpc) is 2.68. The molecule has 2 rings (SSSR count). The molecular formula is C21H19N3O3. The van der Waals surface area contributed by atoms with Crippen molar-refractivity contribution in [1.82, 2.24) is 0 Å². The maximum absolute atomic E-state index is 12.5. The molecule has 0 unspecified atom stereocenters. The van der Waals surface area contributed by atoms with Gasteiger partial charge in [0.25, 0.3) is 5.91 Å². The summed E-state index contributed by atoms with van der Waals surface area (Å²) in [5.41, 5.74) is 6.56. The zero-order valence-electron chi connectivity index (χ0n) is 14.8. The number of rotatable bonds is 6. The number of nitrogens with one attached hydrogen (secondary N) is 1. The molecule has 0 heterocycles. The molecular weight excluding hydrogens is 342 g/mol. The van der Waals surface area contributed by atoms with Crippen LogP contribution in [0.5, 0.6) is 0 Å². The number of nitrogens with zero attached hydrogens (tertiary/aromatic N) is 1. The first-order valence-electron chi connectivity index (χ1n) is 8.27. The molecule has 0 saturated heterocycles. The van der Waals surface area contributed by atoms with Crippen molar-refractivity contribution < 1.29 is 14.3 Å². The average molecular weight is 361 g/mol. The molecule has 0 spiro atoms. The third kappa shape index (κ3) is 5.31. The van der Waals surface area contributed by atoms with Crippen LogP contribution in [-0.4, -0.2) is 18.5 Å². The first kappa shape index (κ1) is 19.5. The van der Waals surface area contributed by atoms with Crippen LogP contribution in [0.15, 0.2) is 77.5 Å². The Morgan fingerprint density at radius 2 is 1.70 bits per heavy atom. The predicted octanol–water partition coefficient (Wildman–Crippen LogP) is 3.01. The van der Waals surface area contributed by atoms with Crippen LogP contribution in [0.1, 0.15) is 12.5 Å². The predicted molar refractivity (Wildman–Crippen MR) is 103 cm³/mol. The minimum absolute atomic E-state index is 0.0530. The standard InChI is InChI=1S/C21H19N3O3/c1-2-27-21(26)17(13-15-9-5-3-6-10-15)19(23)18(14-22)20(25)24-16-11-7-4-8-12-16/h3-13H,2,23H2,1H3,(H,24,25)/b17-13-,19-18+. The molecule has 0 radical (unpaired) electrons. The third-order valence-electron chi connectivity index (χ3n) is 3.54. The van der Waals surface area contributed by atoms with Gasteiger partial charge in [-0.3, -0.25) is 4.79 Å². The molecule has 0 aliphatic rings. The zero-order chi connectivity index (χ0) is 19.6. The molecule has 27 heavy (non-hydrogen) atoms. The van der Waals surface area contributed by atoms with E-state index < -0.39 is 11.9 Å². The van der Waals surface area contributed by atoms with Crippen molar-refractivity contribution in [2.24, 2.45) is 5.73 Å². The Morgan fingerprint density at radius 1 is 1.11 bits per heavy atom. The van der Waals surface area contributed by atoms with Crippen LogP contribution in [0.3, 0.4) is 0 Å². The Bertz CT molecular complexity index is 911. The van der Waals surface area contributed by atoms with E-state index in [2.05, 4.69) is 5.32 Å². The number of carbonyl (C=O) groups excluding carboxylic acids is 2. The molecule has 3 N–H and O–H groups in total. The first-order valence-corrected chi connectivity index (χ1v) is 8.27. The maximum atomic E-state index is 12.5. The molecule has 2 aromatic rings. The zero-order valence-corrected chi connectivity index (χ0v) is 14.8. The Hall–Kier alpha value is -3.85. The van der Waals surface area contributed by atoms with Gasteiger partial charge in [-0.15, -0.1) is 0 Å². The normalized spacial score (nSPS) is 11.8. The number of nitriles is 1. The fraction of sp³-hybridized carbons (Fsp3) is 0.0952. The van der Waals surface area contributed by atoms with Crippen LogP contribution in [-0.2, 0) is 14.3 Å². The summed E-state index contributed by atoms with van der Waals surface area (Å²) < 4.78 is 5.03. The van der Waals surface area contributed by atoms with Crippen LogP contribution in [0.2, 0.25) is 0 Å². The van der Waals surface area contributed by atoms with Crippen LogP contribution in [0.4, 0.5) is 5.69 Å². The number of ether oxygens (including phenoxy) is 1.